The minimum absolute atomic E-state index is 0.389. The first-order valence-corrected chi connectivity index (χ1v) is 7.15. The fraction of sp³-hybridized carbons (Fsp3) is 0.636. The molecule has 0 spiro atoms. The molecule has 0 amide bonds. The van der Waals surface area contributed by atoms with Crippen molar-refractivity contribution in [3.05, 3.63) is 20.8 Å². The van der Waals surface area contributed by atoms with Gasteiger partial charge in [-0.15, -0.1) is 11.3 Å². The van der Waals surface area contributed by atoms with Crippen molar-refractivity contribution in [1.29, 1.82) is 0 Å². The third-order valence-electron chi connectivity index (χ3n) is 2.88. The number of hydrogen-bond acceptors (Lipinski definition) is 4. The molecule has 1 aromatic heterocycles. The Labute approximate surface area is 109 Å². The lowest BCUT2D eigenvalue weighted by molar-refractivity contribution is 0.117. The number of methoxy groups -OCH3 is 1. The van der Waals surface area contributed by atoms with Gasteiger partial charge >= 0.3 is 0 Å². The Morgan fingerprint density at radius 2 is 2.56 bits per heavy atom. The summed E-state index contributed by atoms with van der Waals surface area (Å²) in [5.74, 6) is 0. The highest BCUT2D eigenvalue weighted by molar-refractivity contribution is 9.10. The summed E-state index contributed by atoms with van der Waals surface area (Å²) < 4.78 is 6.52. The van der Waals surface area contributed by atoms with Gasteiger partial charge < -0.3 is 15.4 Å². The molecular weight excluding hydrogens is 288 g/mol. The number of ether oxygens (including phenoxy) is 1. The normalized spacial score (nSPS) is 25.1. The molecule has 0 aromatic carbocycles. The summed E-state index contributed by atoms with van der Waals surface area (Å²) in [6.07, 6.45) is 1.50. The third-order valence-corrected chi connectivity index (χ3v) is 4.81. The van der Waals surface area contributed by atoms with Gasteiger partial charge in [-0.25, -0.2) is 0 Å². The van der Waals surface area contributed by atoms with Crippen molar-refractivity contribution in [1.82, 2.24) is 10.6 Å². The molecule has 1 aliphatic rings. The molecule has 0 bridgehead atoms. The highest BCUT2D eigenvalue weighted by Gasteiger charge is 2.22. The minimum Gasteiger partial charge on any atom is -0.380 e. The van der Waals surface area contributed by atoms with Gasteiger partial charge in [0.05, 0.1) is 6.10 Å². The van der Waals surface area contributed by atoms with Crippen LogP contribution in [0.25, 0.3) is 0 Å². The summed E-state index contributed by atoms with van der Waals surface area (Å²) in [5.41, 5.74) is 0. The first-order chi connectivity index (χ1) is 7.79. The second kappa shape index (κ2) is 6.12. The van der Waals surface area contributed by atoms with E-state index in [-0.39, 0.29) is 0 Å². The van der Waals surface area contributed by atoms with Crippen molar-refractivity contribution < 1.29 is 4.74 Å². The van der Waals surface area contributed by atoms with E-state index in [1.165, 1.54) is 9.35 Å². The highest BCUT2D eigenvalue weighted by Crippen LogP contribution is 2.22. The molecule has 1 fully saturated rings. The summed E-state index contributed by atoms with van der Waals surface area (Å²) >= 11 is 5.32. The molecule has 2 unspecified atom stereocenters. The maximum absolute atomic E-state index is 5.32. The summed E-state index contributed by atoms with van der Waals surface area (Å²) in [5, 5.41) is 9.04. The maximum atomic E-state index is 5.32. The van der Waals surface area contributed by atoms with Crippen LogP contribution in [0.3, 0.4) is 0 Å². The van der Waals surface area contributed by atoms with Crippen molar-refractivity contribution in [2.75, 3.05) is 20.2 Å². The molecule has 2 atom stereocenters. The van der Waals surface area contributed by atoms with Crippen LogP contribution >= 0.6 is 27.3 Å². The lowest BCUT2D eigenvalue weighted by atomic mass is 10.2. The van der Waals surface area contributed by atoms with Gasteiger partial charge in [0.15, 0.2) is 0 Å². The standard InChI is InChI=1S/C11H17BrN2OS/c1-15-9-4-8(14-6-9)5-13-7-11-10(12)2-3-16-11/h2-3,8-9,13-14H,4-7H2,1H3. The zero-order chi connectivity index (χ0) is 11.4. The molecule has 1 saturated heterocycles. The predicted octanol–water partition coefficient (Wildman–Crippen LogP) is 1.98. The summed E-state index contributed by atoms with van der Waals surface area (Å²) in [4.78, 5) is 1.36. The second-order valence-corrected chi connectivity index (χ2v) is 5.88. The van der Waals surface area contributed by atoms with Gasteiger partial charge in [-0.3, -0.25) is 0 Å². The molecule has 3 nitrogen and oxygen atoms in total. The van der Waals surface area contributed by atoms with E-state index in [1.54, 1.807) is 18.4 Å². The summed E-state index contributed by atoms with van der Waals surface area (Å²) in [7, 11) is 1.78. The summed E-state index contributed by atoms with van der Waals surface area (Å²) in [6.45, 7) is 2.92. The number of thiophene rings is 1. The number of hydrogen-bond donors (Lipinski definition) is 2. The van der Waals surface area contributed by atoms with Gasteiger partial charge in [0.2, 0.25) is 0 Å². The molecule has 5 heteroatoms. The molecule has 2 heterocycles. The first kappa shape index (κ1) is 12.5. The number of halogens is 1. The van der Waals surface area contributed by atoms with E-state index >= 15 is 0 Å². The van der Waals surface area contributed by atoms with Gasteiger partial charge in [-0.1, -0.05) is 0 Å². The van der Waals surface area contributed by atoms with E-state index in [4.69, 9.17) is 4.74 Å². The molecule has 1 aromatic rings. The van der Waals surface area contributed by atoms with E-state index in [9.17, 15) is 0 Å². The third kappa shape index (κ3) is 3.28. The zero-order valence-electron chi connectivity index (χ0n) is 9.33. The lowest BCUT2D eigenvalue weighted by Gasteiger charge is -2.11. The van der Waals surface area contributed by atoms with Crippen molar-refractivity contribution in [3.8, 4) is 0 Å². The van der Waals surface area contributed by atoms with Crippen LogP contribution in [0.2, 0.25) is 0 Å². The Kier molecular flexibility index (Phi) is 4.79. The summed E-state index contributed by atoms with van der Waals surface area (Å²) in [6, 6.07) is 2.64. The van der Waals surface area contributed by atoms with E-state index in [0.29, 0.717) is 12.1 Å². The fourth-order valence-electron chi connectivity index (χ4n) is 1.93. The smallest absolute Gasteiger partial charge is 0.0711 e. The molecule has 2 rings (SSSR count). The van der Waals surface area contributed by atoms with E-state index < -0.39 is 0 Å². The maximum Gasteiger partial charge on any atom is 0.0711 e. The van der Waals surface area contributed by atoms with E-state index in [2.05, 4.69) is 38.0 Å². The van der Waals surface area contributed by atoms with Crippen molar-refractivity contribution in [2.45, 2.75) is 25.1 Å². The minimum atomic E-state index is 0.389. The topological polar surface area (TPSA) is 33.3 Å². The van der Waals surface area contributed by atoms with E-state index in [0.717, 1.165) is 26.1 Å². The van der Waals surface area contributed by atoms with Crippen LogP contribution in [0.1, 0.15) is 11.3 Å². The van der Waals surface area contributed by atoms with Crippen molar-refractivity contribution in [2.24, 2.45) is 0 Å². The SMILES string of the molecule is COC1CNC(CNCc2sccc2Br)C1. The Balaban J connectivity index is 1.67. The van der Waals surface area contributed by atoms with Gasteiger partial charge in [0.25, 0.3) is 0 Å². The molecule has 90 valence electrons. The molecule has 16 heavy (non-hydrogen) atoms. The number of rotatable bonds is 5. The molecule has 0 aliphatic carbocycles. The van der Waals surface area contributed by atoms with Crippen LogP contribution in [-0.2, 0) is 11.3 Å². The Bertz CT molecular complexity index is 332. The average molecular weight is 305 g/mol. The molecule has 0 saturated carbocycles. The quantitative estimate of drug-likeness (QED) is 0.873. The molecule has 1 aliphatic heterocycles. The van der Waals surface area contributed by atoms with Gasteiger partial charge in [-0.2, -0.15) is 0 Å². The van der Waals surface area contributed by atoms with Crippen molar-refractivity contribution >= 4 is 27.3 Å². The van der Waals surface area contributed by atoms with Crippen LogP contribution in [-0.4, -0.2) is 32.3 Å². The monoisotopic (exact) mass is 304 g/mol. The highest BCUT2D eigenvalue weighted by atomic mass is 79.9. The molecule has 0 radical (unpaired) electrons. The lowest BCUT2D eigenvalue weighted by Crippen LogP contribution is -2.33. The average Bonchev–Trinajstić information content (AvgIpc) is 2.89. The van der Waals surface area contributed by atoms with Gasteiger partial charge in [0, 0.05) is 42.1 Å². The van der Waals surface area contributed by atoms with Crippen LogP contribution in [0, 0.1) is 0 Å². The first-order valence-electron chi connectivity index (χ1n) is 5.48. The Morgan fingerprint density at radius 1 is 1.69 bits per heavy atom. The Morgan fingerprint density at radius 3 is 3.19 bits per heavy atom. The van der Waals surface area contributed by atoms with Crippen LogP contribution < -0.4 is 10.6 Å². The largest absolute Gasteiger partial charge is 0.380 e. The molecular formula is C11H17BrN2OS. The number of nitrogens with one attached hydrogen (secondary N) is 2. The Hall–Kier alpha value is 0.0600. The molecule has 2 N–H and O–H groups in total. The van der Waals surface area contributed by atoms with Crippen LogP contribution in [0.5, 0.6) is 0 Å². The van der Waals surface area contributed by atoms with Crippen LogP contribution in [0.4, 0.5) is 0 Å². The van der Waals surface area contributed by atoms with E-state index in [1.807, 2.05) is 0 Å². The zero-order valence-corrected chi connectivity index (χ0v) is 11.7. The van der Waals surface area contributed by atoms with Crippen LogP contribution in [0.15, 0.2) is 15.9 Å². The van der Waals surface area contributed by atoms with Crippen molar-refractivity contribution in [3.63, 3.8) is 0 Å². The fourth-order valence-corrected chi connectivity index (χ4v) is 3.39. The predicted molar refractivity (Wildman–Crippen MR) is 70.9 cm³/mol. The van der Waals surface area contributed by atoms with Gasteiger partial charge in [-0.05, 0) is 33.8 Å². The van der Waals surface area contributed by atoms with Gasteiger partial charge in [0.1, 0.15) is 0 Å². The second-order valence-electron chi connectivity index (χ2n) is 4.02.